The molecule has 0 nitrogen and oxygen atoms in total. The third-order valence-corrected chi connectivity index (χ3v) is 13.0. The molecule has 2 atom stereocenters. The van der Waals surface area contributed by atoms with Crippen molar-refractivity contribution in [2.24, 2.45) is 23.7 Å². The molecule has 4 heterocycles. The fourth-order valence-corrected chi connectivity index (χ4v) is 9.64. The summed E-state index contributed by atoms with van der Waals surface area (Å²) in [6.45, 7) is 14.2. The van der Waals surface area contributed by atoms with Gasteiger partial charge in [0.2, 0.25) is 0 Å². The fraction of sp³-hybridized carbons (Fsp3) is 0.556. The van der Waals surface area contributed by atoms with Crippen molar-refractivity contribution < 1.29 is 0 Å². The van der Waals surface area contributed by atoms with Gasteiger partial charge in [-0.15, -0.1) is 45.3 Å². The topological polar surface area (TPSA) is 0 Å². The normalized spacial score (nSPS) is 13.5. The van der Waals surface area contributed by atoms with Crippen molar-refractivity contribution in [2.75, 3.05) is 0 Å². The van der Waals surface area contributed by atoms with E-state index < -0.39 is 0 Å². The van der Waals surface area contributed by atoms with Crippen molar-refractivity contribution >= 4 is 45.3 Å². The molecule has 0 radical (unpaired) electrons. The lowest BCUT2D eigenvalue weighted by Gasteiger charge is -2.11. The van der Waals surface area contributed by atoms with Crippen molar-refractivity contribution in [3.8, 4) is 29.3 Å². The van der Waals surface area contributed by atoms with Gasteiger partial charge in [0.25, 0.3) is 0 Å². The lowest BCUT2D eigenvalue weighted by atomic mass is 9.96. The molecule has 0 aromatic carbocycles. The van der Waals surface area contributed by atoms with Crippen LogP contribution >= 0.6 is 45.3 Å². The quantitative estimate of drug-likeness (QED) is 0.112. The smallest absolute Gasteiger partial charge is 0.0449 e. The standard InChI is InChI=1S/C36H50S4/c1-25(2)9-7-11-27(5)13-15-29-17-19-31(37-29)33-21-23-35(39-33)36-24-22-34(40-36)32-20-18-30(38-32)16-14-28(6)12-8-10-26(3)4/h17-28H,7-16H2,1-6H3. The van der Waals surface area contributed by atoms with Crippen molar-refractivity contribution in [3.63, 3.8) is 0 Å². The van der Waals surface area contributed by atoms with Gasteiger partial charge in [0.05, 0.1) is 0 Å². The molecule has 0 saturated heterocycles. The molecule has 0 aliphatic rings. The molecule has 4 rings (SSSR count). The Morgan fingerprint density at radius 1 is 0.400 bits per heavy atom. The second-order valence-corrected chi connectivity index (χ2v) is 17.3. The number of hydrogen-bond donors (Lipinski definition) is 0. The fourth-order valence-electron chi connectivity index (χ4n) is 5.31. The summed E-state index contributed by atoms with van der Waals surface area (Å²) in [4.78, 5) is 11.5. The van der Waals surface area contributed by atoms with Crippen LogP contribution < -0.4 is 0 Å². The summed E-state index contributed by atoms with van der Waals surface area (Å²) in [5, 5.41) is 0. The molecule has 0 fully saturated rings. The van der Waals surface area contributed by atoms with Crippen molar-refractivity contribution in [1.29, 1.82) is 0 Å². The van der Waals surface area contributed by atoms with Gasteiger partial charge >= 0.3 is 0 Å². The van der Waals surface area contributed by atoms with Crippen LogP contribution in [-0.2, 0) is 12.8 Å². The third kappa shape index (κ3) is 9.96. The van der Waals surface area contributed by atoms with Gasteiger partial charge in [0.15, 0.2) is 0 Å². The largest absolute Gasteiger partial charge is 0.139 e. The van der Waals surface area contributed by atoms with Gasteiger partial charge in [-0.25, -0.2) is 0 Å². The first-order valence-electron chi connectivity index (χ1n) is 15.6. The number of aryl methyl sites for hydroxylation is 2. The van der Waals surface area contributed by atoms with Gasteiger partial charge in [-0.3, -0.25) is 0 Å². The molecule has 0 aliphatic carbocycles. The zero-order chi connectivity index (χ0) is 28.5. The van der Waals surface area contributed by atoms with Crippen molar-refractivity contribution in [2.45, 2.75) is 106 Å². The number of hydrogen-bond acceptors (Lipinski definition) is 4. The molecule has 4 heteroatoms. The minimum atomic E-state index is 0.827. The van der Waals surface area contributed by atoms with Crippen LogP contribution in [-0.4, -0.2) is 0 Å². The average molecular weight is 611 g/mol. The molecule has 0 N–H and O–H groups in total. The molecular formula is C36H50S4. The molecule has 4 aromatic heterocycles. The molecule has 0 bridgehead atoms. The minimum Gasteiger partial charge on any atom is -0.139 e. The van der Waals surface area contributed by atoms with Gasteiger partial charge in [-0.2, -0.15) is 0 Å². The maximum absolute atomic E-state index is 2.43. The second-order valence-electron chi connectivity index (χ2n) is 12.8. The monoisotopic (exact) mass is 610 g/mol. The van der Waals surface area contributed by atoms with E-state index in [0.29, 0.717) is 0 Å². The molecule has 40 heavy (non-hydrogen) atoms. The summed E-state index contributed by atoms with van der Waals surface area (Å²) in [6.07, 6.45) is 13.3. The first kappa shape index (κ1) is 31.7. The van der Waals surface area contributed by atoms with Crippen LogP contribution in [0.5, 0.6) is 0 Å². The molecule has 4 aromatic rings. The third-order valence-electron chi connectivity index (χ3n) is 7.99. The first-order chi connectivity index (χ1) is 19.3. The Morgan fingerprint density at radius 2 is 0.725 bits per heavy atom. The number of rotatable bonds is 17. The molecule has 0 amide bonds. The van der Waals surface area contributed by atoms with Crippen LogP contribution in [0.3, 0.4) is 0 Å². The molecular weight excluding hydrogens is 561 g/mol. The van der Waals surface area contributed by atoms with Crippen LogP contribution in [0, 0.1) is 23.7 Å². The molecule has 0 spiro atoms. The number of thiophene rings is 4. The highest BCUT2D eigenvalue weighted by Gasteiger charge is 2.13. The average Bonchev–Trinajstić information content (AvgIpc) is 3.72. The predicted octanol–water partition coefficient (Wildman–Crippen LogP) is 13.7. The van der Waals surface area contributed by atoms with E-state index in [2.05, 4.69) is 90.1 Å². The van der Waals surface area contributed by atoms with E-state index in [1.54, 1.807) is 0 Å². The van der Waals surface area contributed by atoms with Gasteiger partial charge in [0.1, 0.15) is 0 Å². The second kappa shape index (κ2) is 15.9. The molecule has 218 valence electrons. The Labute approximate surface area is 260 Å². The maximum atomic E-state index is 2.43. The zero-order valence-corrected chi connectivity index (χ0v) is 28.9. The van der Waals surface area contributed by atoms with Crippen LogP contribution in [0.1, 0.15) is 103 Å². The van der Waals surface area contributed by atoms with Crippen LogP contribution in [0.4, 0.5) is 0 Å². The summed E-state index contributed by atoms with van der Waals surface area (Å²) in [5.41, 5.74) is 0. The Morgan fingerprint density at radius 3 is 1.07 bits per heavy atom. The van der Waals surface area contributed by atoms with Gasteiger partial charge in [-0.05, 0) is 97.9 Å². The Balaban J connectivity index is 1.28. The minimum absolute atomic E-state index is 0.827. The Kier molecular flexibility index (Phi) is 12.6. The van der Waals surface area contributed by atoms with Crippen molar-refractivity contribution in [1.82, 2.24) is 0 Å². The van der Waals surface area contributed by atoms with E-state index in [9.17, 15) is 0 Å². The van der Waals surface area contributed by atoms with E-state index in [4.69, 9.17) is 0 Å². The lowest BCUT2D eigenvalue weighted by Crippen LogP contribution is -1.98. The lowest BCUT2D eigenvalue weighted by molar-refractivity contribution is 0.437. The highest BCUT2D eigenvalue weighted by molar-refractivity contribution is 7.28. The van der Waals surface area contributed by atoms with E-state index in [1.807, 2.05) is 45.3 Å². The zero-order valence-electron chi connectivity index (χ0n) is 25.6. The highest BCUT2D eigenvalue weighted by Crippen LogP contribution is 2.43. The van der Waals surface area contributed by atoms with Crippen LogP contribution in [0.15, 0.2) is 48.5 Å². The maximum Gasteiger partial charge on any atom is 0.0449 e. The molecule has 0 aliphatic heterocycles. The Bertz CT molecular complexity index is 1160. The molecule has 2 unspecified atom stereocenters. The van der Waals surface area contributed by atoms with E-state index in [-0.39, 0.29) is 0 Å². The van der Waals surface area contributed by atoms with Gasteiger partial charge < -0.3 is 0 Å². The highest BCUT2D eigenvalue weighted by atomic mass is 32.1. The predicted molar refractivity (Wildman–Crippen MR) is 187 cm³/mol. The van der Waals surface area contributed by atoms with Crippen LogP contribution in [0.25, 0.3) is 29.3 Å². The Hall–Kier alpha value is -1.20. The first-order valence-corrected chi connectivity index (χ1v) is 18.9. The summed E-state index contributed by atoms with van der Waals surface area (Å²) >= 11 is 7.89. The van der Waals surface area contributed by atoms with Gasteiger partial charge in [-0.1, -0.05) is 80.1 Å². The summed E-state index contributed by atoms with van der Waals surface area (Å²) < 4.78 is 0. The summed E-state index contributed by atoms with van der Waals surface area (Å²) in [7, 11) is 0. The van der Waals surface area contributed by atoms with E-state index in [0.717, 1.165) is 23.7 Å². The van der Waals surface area contributed by atoms with E-state index >= 15 is 0 Å². The molecule has 0 saturated carbocycles. The van der Waals surface area contributed by atoms with E-state index in [1.165, 1.54) is 103 Å². The van der Waals surface area contributed by atoms with Crippen LogP contribution in [0.2, 0.25) is 0 Å². The van der Waals surface area contributed by atoms with Gasteiger partial charge in [0, 0.05) is 39.0 Å². The SMILES string of the molecule is CC(C)CCCC(C)CCc1ccc(-c2ccc(-c3ccc(-c4ccc(CCC(C)CCCC(C)C)s4)s3)s2)s1. The van der Waals surface area contributed by atoms with Crippen molar-refractivity contribution in [3.05, 3.63) is 58.3 Å². The summed E-state index contributed by atoms with van der Waals surface area (Å²) in [5.74, 6) is 3.32. The summed E-state index contributed by atoms with van der Waals surface area (Å²) in [6, 6.07) is 18.7.